The van der Waals surface area contributed by atoms with Gasteiger partial charge in [-0.25, -0.2) is 13.9 Å². The van der Waals surface area contributed by atoms with E-state index in [0.717, 1.165) is 12.1 Å². The monoisotopic (exact) mass is 337 g/mol. The molecular formula is C13H11N3O6S. The second kappa shape index (κ2) is 6.42. The summed E-state index contributed by atoms with van der Waals surface area (Å²) in [5.74, 6) is -0.901. The van der Waals surface area contributed by atoms with Crippen LogP contribution in [-0.4, -0.2) is 24.5 Å². The molecule has 0 atom stereocenters. The van der Waals surface area contributed by atoms with E-state index in [2.05, 4.69) is 4.72 Å². The third-order valence-corrected chi connectivity index (χ3v) is 4.22. The molecule has 0 aromatic heterocycles. The van der Waals surface area contributed by atoms with Crippen molar-refractivity contribution in [1.29, 1.82) is 0 Å². The highest BCUT2D eigenvalue weighted by Crippen LogP contribution is 2.22. The second-order valence-corrected chi connectivity index (χ2v) is 6.03. The van der Waals surface area contributed by atoms with Crippen molar-refractivity contribution in [3.63, 3.8) is 0 Å². The standard InChI is InChI=1S/C13H11N3O6S/c17-13(14-18)11-6-1-2-7-12(11)15-23(21,22)10-5-3-4-9(8-10)16(19)20/h1-8,15,18H,(H,14,17). The van der Waals surface area contributed by atoms with Crippen molar-refractivity contribution in [3.05, 3.63) is 64.2 Å². The van der Waals surface area contributed by atoms with Crippen LogP contribution in [0.2, 0.25) is 0 Å². The number of nitro benzene ring substituents is 1. The van der Waals surface area contributed by atoms with E-state index in [1.165, 1.54) is 41.9 Å². The zero-order valence-electron chi connectivity index (χ0n) is 11.5. The zero-order valence-corrected chi connectivity index (χ0v) is 12.3. The lowest BCUT2D eigenvalue weighted by Crippen LogP contribution is -2.22. The third-order valence-electron chi connectivity index (χ3n) is 2.86. The Kier molecular flexibility index (Phi) is 4.57. The number of nitrogens with one attached hydrogen (secondary N) is 2. The number of carbonyl (C=O) groups excluding carboxylic acids is 1. The highest BCUT2D eigenvalue weighted by molar-refractivity contribution is 7.92. The number of para-hydroxylation sites is 1. The molecule has 1 amide bonds. The van der Waals surface area contributed by atoms with Gasteiger partial charge in [-0.1, -0.05) is 18.2 Å². The molecule has 0 heterocycles. The Morgan fingerprint density at radius 2 is 1.83 bits per heavy atom. The summed E-state index contributed by atoms with van der Waals surface area (Å²) in [5.41, 5.74) is 0.842. The quantitative estimate of drug-likeness (QED) is 0.429. The number of rotatable bonds is 5. The molecular weight excluding hydrogens is 326 g/mol. The summed E-state index contributed by atoms with van der Waals surface area (Å²) < 4.78 is 26.8. The third kappa shape index (κ3) is 3.62. The van der Waals surface area contributed by atoms with E-state index in [4.69, 9.17) is 5.21 Å². The maximum absolute atomic E-state index is 12.3. The van der Waals surface area contributed by atoms with Gasteiger partial charge in [0.1, 0.15) is 0 Å². The van der Waals surface area contributed by atoms with E-state index in [1.807, 2.05) is 0 Å². The van der Waals surface area contributed by atoms with Crippen molar-refractivity contribution in [2.75, 3.05) is 4.72 Å². The van der Waals surface area contributed by atoms with E-state index in [0.29, 0.717) is 0 Å². The first-order valence-electron chi connectivity index (χ1n) is 6.16. The number of carbonyl (C=O) groups is 1. The molecule has 0 fully saturated rings. The molecule has 0 radical (unpaired) electrons. The Labute approximate surface area is 130 Å². The number of benzene rings is 2. The Balaban J connectivity index is 2.42. The molecule has 0 saturated heterocycles. The predicted octanol–water partition coefficient (Wildman–Crippen LogP) is 1.51. The number of amides is 1. The fraction of sp³-hybridized carbons (Fsp3) is 0. The van der Waals surface area contributed by atoms with Gasteiger partial charge in [0.25, 0.3) is 21.6 Å². The molecule has 2 rings (SSSR count). The fourth-order valence-corrected chi connectivity index (χ4v) is 2.92. The van der Waals surface area contributed by atoms with E-state index in [9.17, 15) is 23.3 Å². The number of anilines is 1. The van der Waals surface area contributed by atoms with E-state index in [1.54, 1.807) is 0 Å². The van der Waals surface area contributed by atoms with Gasteiger partial charge in [0.05, 0.1) is 21.1 Å². The number of hydrogen-bond donors (Lipinski definition) is 3. The minimum absolute atomic E-state index is 0.0782. The van der Waals surface area contributed by atoms with Crippen LogP contribution in [-0.2, 0) is 10.0 Å². The van der Waals surface area contributed by atoms with Crippen molar-refractivity contribution in [1.82, 2.24) is 5.48 Å². The summed E-state index contributed by atoms with van der Waals surface area (Å²) in [6, 6.07) is 10.1. The SMILES string of the molecule is O=C(NO)c1ccccc1NS(=O)(=O)c1cccc([N+](=O)[O-])c1. The normalized spacial score (nSPS) is 10.8. The smallest absolute Gasteiger partial charge is 0.276 e. The second-order valence-electron chi connectivity index (χ2n) is 4.35. The van der Waals surface area contributed by atoms with Crippen LogP contribution < -0.4 is 10.2 Å². The van der Waals surface area contributed by atoms with Crippen molar-refractivity contribution in [2.24, 2.45) is 0 Å². The summed E-state index contributed by atoms with van der Waals surface area (Å²) in [6.45, 7) is 0. The Bertz CT molecular complexity index is 866. The van der Waals surface area contributed by atoms with E-state index < -0.39 is 20.9 Å². The average Bonchev–Trinajstić information content (AvgIpc) is 2.54. The van der Waals surface area contributed by atoms with Gasteiger partial charge in [-0.05, 0) is 18.2 Å². The topological polar surface area (TPSA) is 139 Å². The molecule has 3 N–H and O–H groups in total. The first-order valence-corrected chi connectivity index (χ1v) is 7.64. The van der Waals surface area contributed by atoms with Crippen molar-refractivity contribution >= 4 is 27.3 Å². The van der Waals surface area contributed by atoms with Gasteiger partial charge in [0.2, 0.25) is 0 Å². The van der Waals surface area contributed by atoms with Gasteiger partial charge in [0.15, 0.2) is 0 Å². The molecule has 0 spiro atoms. The molecule has 2 aromatic rings. The molecule has 0 aliphatic heterocycles. The lowest BCUT2D eigenvalue weighted by atomic mass is 10.2. The maximum Gasteiger partial charge on any atom is 0.276 e. The van der Waals surface area contributed by atoms with Crippen LogP contribution in [0.3, 0.4) is 0 Å². The number of hydroxylamine groups is 1. The summed E-state index contributed by atoms with van der Waals surface area (Å²) in [6.07, 6.45) is 0. The summed E-state index contributed by atoms with van der Waals surface area (Å²) >= 11 is 0. The summed E-state index contributed by atoms with van der Waals surface area (Å²) in [4.78, 5) is 21.2. The van der Waals surface area contributed by atoms with Crippen molar-refractivity contribution < 1.29 is 23.3 Å². The Morgan fingerprint density at radius 3 is 2.48 bits per heavy atom. The number of nitrogens with zero attached hydrogens (tertiary/aromatic N) is 1. The molecule has 9 nitrogen and oxygen atoms in total. The predicted molar refractivity (Wildman–Crippen MR) is 79.6 cm³/mol. The first-order chi connectivity index (χ1) is 10.8. The van der Waals surface area contributed by atoms with Gasteiger partial charge in [-0.2, -0.15) is 0 Å². The Hall–Kier alpha value is -2.98. The number of hydrogen-bond acceptors (Lipinski definition) is 6. The zero-order chi connectivity index (χ0) is 17.0. The van der Waals surface area contributed by atoms with Gasteiger partial charge >= 0.3 is 0 Å². The summed E-state index contributed by atoms with van der Waals surface area (Å²) in [5, 5.41) is 19.4. The van der Waals surface area contributed by atoms with Crippen LogP contribution in [0, 0.1) is 10.1 Å². The molecule has 0 saturated carbocycles. The molecule has 0 unspecified atom stereocenters. The van der Waals surface area contributed by atoms with Gasteiger partial charge < -0.3 is 0 Å². The minimum atomic E-state index is -4.15. The molecule has 2 aromatic carbocycles. The molecule has 0 aliphatic rings. The summed E-state index contributed by atoms with van der Waals surface area (Å²) in [7, 11) is -4.15. The highest BCUT2D eigenvalue weighted by Gasteiger charge is 2.20. The largest absolute Gasteiger partial charge is 0.288 e. The number of non-ortho nitro benzene ring substituents is 1. The molecule has 0 bridgehead atoms. The van der Waals surface area contributed by atoms with Crippen molar-refractivity contribution in [3.8, 4) is 0 Å². The highest BCUT2D eigenvalue weighted by atomic mass is 32.2. The minimum Gasteiger partial charge on any atom is -0.288 e. The molecule has 0 aliphatic carbocycles. The number of sulfonamides is 1. The van der Waals surface area contributed by atoms with Crippen LogP contribution in [0.25, 0.3) is 0 Å². The van der Waals surface area contributed by atoms with Crippen LogP contribution in [0.15, 0.2) is 53.4 Å². The van der Waals surface area contributed by atoms with Crippen LogP contribution in [0.4, 0.5) is 11.4 Å². The number of nitro groups is 1. The van der Waals surface area contributed by atoms with Crippen LogP contribution in [0.1, 0.15) is 10.4 Å². The van der Waals surface area contributed by atoms with Gasteiger partial charge in [-0.15, -0.1) is 0 Å². The molecule has 23 heavy (non-hydrogen) atoms. The average molecular weight is 337 g/mol. The Morgan fingerprint density at radius 1 is 1.13 bits per heavy atom. The van der Waals surface area contributed by atoms with E-state index >= 15 is 0 Å². The van der Waals surface area contributed by atoms with Crippen LogP contribution >= 0.6 is 0 Å². The lowest BCUT2D eigenvalue weighted by Gasteiger charge is -2.11. The van der Waals surface area contributed by atoms with E-state index in [-0.39, 0.29) is 21.8 Å². The maximum atomic E-state index is 12.3. The van der Waals surface area contributed by atoms with Crippen molar-refractivity contribution in [2.45, 2.75) is 4.90 Å². The molecule has 10 heteroatoms. The van der Waals surface area contributed by atoms with Gasteiger partial charge in [0, 0.05) is 12.1 Å². The van der Waals surface area contributed by atoms with Crippen LogP contribution in [0.5, 0.6) is 0 Å². The lowest BCUT2D eigenvalue weighted by molar-refractivity contribution is -0.385. The first kappa shape index (κ1) is 16.4. The van der Waals surface area contributed by atoms with Gasteiger partial charge in [-0.3, -0.25) is 24.8 Å². The fourth-order valence-electron chi connectivity index (χ4n) is 1.80. The molecule has 120 valence electrons.